The van der Waals surface area contributed by atoms with Crippen molar-refractivity contribution >= 4 is 16.8 Å². The van der Waals surface area contributed by atoms with E-state index in [4.69, 9.17) is 10.5 Å². The number of hydrogen-bond donors (Lipinski definition) is 0. The first-order valence-electron chi connectivity index (χ1n) is 10.1. The number of nitrogens with zero attached hydrogens (tertiary/aromatic N) is 4. The summed E-state index contributed by atoms with van der Waals surface area (Å²) in [6, 6.07) is 21.6. The van der Waals surface area contributed by atoms with Gasteiger partial charge < -0.3 is 4.90 Å². The van der Waals surface area contributed by atoms with Gasteiger partial charge in [-0.3, -0.25) is 0 Å². The van der Waals surface area contributed by atoms with Crippen LogP contribution in [0.2, 0.25) is 0 Å². The van der Waals surface area contributed by atoms with Gasteiger partial charge in [0.1, 0.15) is 17.7 Å². The lowest BCUT2D eigenvalue weighted by Crippen LogP contribution is -2.27. The number of anilines is 1. The normalized spacial score (nSPS) is 15.1. The summed E-state index contributed by atoms with van der Waals surface area (Å²) in [5, 5.41) is 29.3. The number of fused-ring (bicyclic) bond motifs is 1. The number of unbranched alkanes of at least 4 members (excludes halogenated alkanes) is 1. The quantitative estimate of drug-likeness (QED) is 0.787. The Bertz CT molecular complexity index is 1200. The molecule has 0 saturated heterocycles. The van der Waals surface area contributed by atoms with Gasteiger partial charge in [-0.05, 0) is 29.3 Å². The maximum absolute atomic E-state index is 9.90. The molecule has 0 fully saturated rings. The summed E-state index contributed by atoms with van der Waals surface area (Å²) in [5.41, 5.74) is 4.00. The van der Waals surface area contributed by atoms with Crippen molar-refractivity contribution in [1.29, 1.82) is 15.8 Å². The zero-order valence-corrected chi connectivity index (χ0v) is 17.6. The zero-order chi connectivity index (χ0) is 21.7. The maximum Gasteiger partial charge on any atom is 0.136 e. The summed E-state index contributed by atoms with van der Waals surface area (Å²) in [6.45, 7) is 7.48. The van der Waals surface area contributed by atoms with Crippen molar-refractivity contribution in [2.75, 3.05) is 11.4 Å². The third-order valence-electron chi connectivity index (χ3n) is 5.64. The fourth-order valence-electron chi connectivity index (χ4n) is 3.95. The first-order chi connectivity index (χ1) is 14.5. The van der Waals surface area contributed by atoms with E-state index in [-0.39, 0.29) is 11.0 Å². The van der Waals surface area contributed by atoms with Crippen LogP contribution < -0.4 is 15.3 Å². The molecular weight excluding hydrogens is 368 g/mol. The summed E-state index contributed by atoms with van der Waals surface area (Å²) >= 11 is 0. The van der Waals surface area contributed by atoms with E-state index in [1.54, 1.807) is 24.3 Å². The van der Waals surface area contributed by atoms with Gasteiger partial charge in [0, 0.05) is 28.6 Å². The molecule has 30 heavy (non-hydrogen) atoms. The van der Waals surface area contributed by atoms with Gasteiger partial charge in [-0.2, -0.15) is 15.8 Å². The second kappa shape index (κ2) is 8.69. The van der Waals surface area contributed by atoms with Crippen molar-refractivity contribution < 1.29 is 0 Å². The minimum atomic E-state index is -0.213. The summed E-state index contributed by atoms with van der Waals surface area (Å²) in [4.78, 5) is 2.34. The minimum absolute atomic E-state index is 0.0662. The number of rotatable bonds is 4. The van der Waals surface area contributed by atoms with Gasteiger partial charge in [-0.15, -0.1) is 0 Å². The van der Waals surface area contributed by atoms with Gasteiger partial charge in [0.25, 0.3) is 0 Å². The molecule has 1 heterocycles. The van der Waals surface area contributed by atoms with Crippen LogP contribution in [0.15, 0.2) is 60.3 Å². The minimum Gasteiger partial charge on any atom is -0.344 e. The lowest BCUT2D eigenvalue weighted by Gasteiger charge is -2.27. The Kier molecular flexibility index (Phi) is 6.06. The van der Waals surface area contributed by atoms with E-state index in [1.807, 2.05) is 18.2 Å². The molecule has 3 rings (SSSR count). The maximum atomic E-state index is 9.90. The van der Waals surface area contributed by atoms with Crippen LogP contribution in [0.5, 0.6) is 0 Å². The molecule has 4 heteroatoms. The average molecular weight is 393 g/mol. The lowest BCUT2D eigenvalue weighted by molar-refractivity contribution is 0.624. The summed E-state index contributed by atoms with van der Waals surface area (Å²) < 4.78 is 0. The Morgan fingerprint density at radius 1 is 0.933 bits per heavy atom. The van der Waals surface area contributed by atoms with Crippen molar-refractivity contribution in [2.24, 2.45) is 0 Å². The topological polar surface area (TPSA) is 74.6 Å². The SMILES string of the molecule is CCCCN1/C(=C/C(C#N)=c2ccc(=C(C#N)C#N)cc2)C(C)(C)c2ccccc21. The fourth-order valence-corrected chi connectivity index (χ4v) is 3.95. The molecule has 1 aliphatic rings. The molecule has 0 atom stereocenters. The highest BCUT2D eigenvalue weighted by molar-refractivity contribution is 5.78. The number of hydrogen-bond acceptors (Lipinski definition) is 4. The molecule has 148 valence electrons. The van der Waals surface area contributed by atoms with Crippen LogP contribution in [0, 0.1) is 34.0 Å². The largest absolute Gasteiger partial charge is 0.344 e. The molecule has 4 nitrogen and oxygen atoms in total. The van der Waals surface area contributed by atoms with Crippen molar-refractivity contribution in [3.05, 3.63) is 76.3 Å². The van der Waals surface area contributed by atoms with Gasteiger partial charge in [-0.1, -0.05) is 69.7 Å². The monoisotopic (exact) mass is 392 g/mol. The van der Waals surface area contributed by atoms with E-state index in [1.165, 1.54) is 11.3 Å². The molecular formula is C26H24N4. The van der Waals surface area contributed by atoms with Gasteiger partial charge in [-0.25, -0.2) is 0 Å². The summed E-state index contributed by atoms with van der Waals surface area (Å²) in [5.74, 6) is 0. The van der Waals surface area contributed by atoms with Gasteiger partial charge in [0.05, 0.1) is 11.6 Å². The molecule has 0 amide bonds. The molecule has 0 spiro atoms. The number of nitriles is 3. The molecule has 0 N–H and O–H groups in total. The molecule has 1 aliphatic heterocycles. The van der Waals surface area contributed by atoms with Crippen molar-refractivity contribution in [3.8, 4) is 18.2 Å². The Balaban J connectivity index is 2.19. The molecule has 0 aliphatic carbocycles. The second-order valence-corrected chi connectivity index (χ2v) is 7.88. The molecule has 2 aromatic carbocycles. The van der Waals surface area contributed by atoms with Crippen LogP contribution in [-0.2, 0) is 5.41 Å². The van der Waals surface area contributed by atoms with E-state index in [9.17, 15) is 5.26 Å². The van der Waals surface area contributed by atoms with E-state index >= 15 is 0 Å². The highest BCUT2D eigenvalue weighted by atomic mass is 15.2. The predicted octanol–water partition coefficient (Wildman–Crippen LogP) is 4.04. The van der Waals surface area contributed by atoms with Crippen LogP contribution in [0.25, 0.3) is 11.1 Å². The summed E-state index contributed by atoms with van der Waals surface area (Å²) in [6.07, 6.45) is 4.16. The van der Waals surface area contributed by atoms with Crippen molar-refractivity contribution in [1.82, 2.24) is 0 Å². The van der Waals surface area contributed by atoms with Crippen LogP contribution >= 0.6 is 0 Å². The summed E-state index contributed by atoms with van der Waals surface area (Å²) in [7, 11) is 0. The van der Waals surface area contributed by atoms with Crippen molar-refractivity contribution in [3.63, 3.8) is 0 Å². The molecule has 0 aromatic heterocycles. The Morgan fingerprint density at radius 3 is 2.17 bits per heavy atom. The van der Waals surface area contributed by atoms with E-state index in [0.717, 1.165) is 30.3 Å². The Labute approximate surface area is 177 Å². The molecule has 0 radical (unpaired) electrons. The van der Waals surface area contributed by atoms with E-state index in [2.05, 4.69) is 56.0 Å². The average Bonchev–Trinajstić information content (AvgIpc) is 2.98. The van der Waals surface area contributed by atoms with Gasteiger partial charge >= 0.3 is 0 Å². The fraction of sp³-hybridized carbons (Fsp3) is 0.269. The predicted molar refractivity (Wildman–Crippen MR) is 119 cm³/mol. The smallest absolute Gasteiger partial charge is 0.136 e. The second-order valence-electron chi connectivity index (χ2n) is 7.88. The van der Waals surface area contributed by atoms with Crippen molar-refractivity contribution in [2.45, 2.75) is 39.0 Å². The zero-order valence-electron chi connectivity index (χ0n) is 17.6. The van der Waals surface area contributed by atoms with E-state index in [0.29, 0.717) is 10.8 Å². The third-order valence-corrected chi connectivity index (χ3v) is 5.64. The van der Waals surface area contributed by atoms with Gasteiger partial charge in [0.2, 0.25) is 0 Å². The lowest BCUT2D eigenvalue weighted by atomic mass is 9.83. The van der Waals surface area contributed by atoms with Crippen LogP contribution in [0.4, 0.5) is 5.69 Å². The van der Waals surface area contributed by atoms with E-state index < -0.39 is 0 Å². The number of allylic oxidation sites excluding steroid dienone is 2. The van der Waals surface area contributed by atoms with Crippen LogP contribution in [0.1, 0.15) is 39.2 Å². The number of para-hydroxylation sites is 1. The molecule has 0 saturated carbocycles. The number of benzene rings is 2. The van der Waals surface area contributed by atoms with Crippen LogP contribution in [-0.4, -0.2) is 6.54 Å². The highest BCUT2D eigenvalue weighted by Gasteiger charge is 2.39. The standard InChI is InChI=1S/C26H24N4/c1-4-5-14-30-24-9-7-6-8-23(24)26(2,3)25(30)15-21(16-27)19-10-12-20(13-11-19)22(17-28)18-29/h6-13,15H,4-5,14H2,1-3H3/b25-15+. The molecule has 0 unspecified atom stereocenters. The van der Waals surface area contributed by atoms with Crippen LogP contribution in [0.3, 0.4) is 0 Å². The highest BCUT2D eigenvalue weighted by Crippen LogP contribution is 2.47. The Hall–Kier alpha value is -3.81. The first kappa shape index (κ1) is 20.9. The van der Waals surface area contributed by atoms with Gasteiger partial charge in [0.15, 0.2) is 0 Å². The molecule has 2 aromatic rings. The third kappa shape index (κ3) is 3.71. The first-order valence-corrected chi connectivity index (χ1v) is 10.1. The molecule has 0 bridgehead atoms. The Morgan fingerprint density at radius 2 is 1.57 bits per heavy atom.